The summed E-state index contributed by atoms with van der Waals surface area (Å²) in [5.41, 5.74) is 0. The van der Waals surface area contributed by atoms with E-state index in [2.05, 4.69) is 6.92 Å². The molecule has 1 fully saturated rings. The Bertz CT molecular complexity index is 282. The van der Waals surface area contributed by atoms with Crippen molar-refractivity contribution in [1.29, 1.82) is 0 Å². The molecule has 0 unspecified atom stereocenters. The largest absolute Gasteiger partial charge is 0.370 e. The van der Waals surface area contributed by atoms with Crippen molar-refractivity contribution in [3.8, 4) is 0 Å². The molecule has 2 atom stereocenters. The Morgan fingerprint density at radius 2 is 1.94 bits per heavy atom. The normalized spacial score (nSPS) is 22.0. The summed E-state index contributed by atoms with van der Waals surface area (Å²) in [6.45, 7) is 2.81. The lowest BCUT2D eigenvalue weighted by Crippen LogP contribution is -2.23. The first-order valence-corrected chi connectivity index (χ1v) is 7.84. The smallest absolute Gasteiger partial charge is 0.264 e. The van der Waals surface area contributed by atoms with Gasteiger partial charge in [0.25, 0.3) is 10.1 Å². The first kappa shape index (κ1) is 13.9. The maximum Gasteiger partial charge on any atom is 0.264 e. The molecule has 0 aromatic rings. The number of hydrogen-bond donors (Lipinski definition) is 0. The fourth-order valence-electron chi connectivity index (χ4n) is 1.74. The third-order valence-corrected chi connectivity index (χ3v) is 3.26. The molecule has 0 aliphatic carbocycles. The number of ether oxygens (including phenoxy) is 1. The van der Waals surface area contributed by atoms with Crippen molar-refractivity contribution in [3.63, 3.8) is 0 Å². The molecule has 1 aliphatic heterocycles. The third-order valence-electron chi connectivity index (χ3n) is 2.66. The summed E-state index contributed by atoms with van der Waals surface area (Å²) < 4.78 is 32.2. The average molecular weight is 250 g/mol. The van der Waals surface area contributed by atoms with Gasteiger partial charge in [-0.25, -0.2) is 0 Å². The van der Waals surface area contributed by atoms with Crippen LogP contribution in [0.4, 0.5) is 0 Å². The molecule has 96 valence electrons. The van der Waals surface area contributed by atoms with Gasteiger partial charge in [-0.3, -0.25) is 4.18 Å². The van der Waals surface area contributed by atoms with E-state index in [0.29, 0.717) is 6.61 Å². The van der Waals surface area contributed by atoms with E-state index in [4.69, 9.17) is 8.92 Å². The van der Waals surface area contributed by atoms with E-state index in [-0.39, 0.29) is 12.2 Å². The Balaban J connectivity index is 2.19. The van der Waals surface area contributed by atoms with Crippen LogP contribution in [-0.2, 0) is 19.0 Å². The zero-order chi connectivity index (χ0) is 12.0. The third kappa shape index (κ3) is 6.45. The average Bonchev–Trinajstić information content (AvgIpc) is 2.97. The molecule has 0 amide bonds. The minimum atomic E-state index is -3.36. The first-order valence-electron chi connectivity index (χ1n) is 6.03. The summed E-state index contributed by atoms with van der Waals surface area (Å²) in [6.07, 6.45) is 7.45. The molecular formula is C11H22O4S. The van der Waals surface area contributed by atoms with Gasteiger partial charge in [-0.2, -0.15) is 8.42 Å². The molecule has 5 heteroatoms. The van der Waals surface area contributed by atoms with Crippen LogP contribution in [0.25, 0.3) is 0 Å². The standard InChI is InChI=1S/C11H22O4S/c1-3-4-5-6-7-8-10(11-9-14-11)15-16(2,12)13/h10-11H,3-9H2,1-2H3/t10-,11-/m1/s1. The number of rotatable bonds is 9. The van der Waals surface area contributed by atoms with Crippen molar-refractivity contribution in [1.82, 2.24) is 0 Å². The van der Waals surface area contributed by atoms with Crippen LogP contribution < -0.4 is 0 Å². The molecular weight excluding hydrogens is 228 g/mol. The van der Waals surface area contributed by atoms with Gasteiger partial charge in [-0.15, -0.1) is 0 Å². The quantitative estimate of drug-likeness (QED) is 0.357. The maximum absolute atomic E-state index is 11.0. The molecule has 0 bridgehead atoms. The molecule has 1 saturated heterocycles. The van der Waals surface area contributed by atoms with E-state index in [0.717, 1.165) is 25.5 Å². The zero-order valence-electron chi connectivity index (χ0n) is 10.1. The lowest BCUT2D eigenvalue weighted by molar-refractivity contribution is 0.155. The second-order valence-electron chi connectivity index (χ2n) is 4.41. The Morgan fingerprint density at radius 3 is 2.44 bits per heavy atom. The van der Waals surface area contributed by atoms with Crippen molar-refractivity contribution in [3.05, 3.63) is 0 Å². The summed E-state index contributed by atoms with van der Waals surface area (Å²) >= 11 is 0. The second-order valence-corrected chi connectivity index (χ2v) is 6.01. The number of unbranched alkanes of at least 4 members (excludes halogenated alkanes) is 4. The minimum absolute atomic E-state index is 0.000833. The summed E-state index contributed by atoms with van der Waals surface area (Å²) in [5, 5.41) is 0. The molecule has 0 radical (unpaired) electrons. The van der Waals surface area contributed by atoms with Gasteiger partial charge in [-0.1, -0.05) is 39.0 Å². The second kappa shape index (κ2) is 6.57. The van der Waals surface area contributed by atoms with Gasteiger partial charge in [0.05, 0.1) is 12.9 Å². The van der Waals surface area contributed by atoms with Crippen LogP contribution in [-0.4, -0.2) is 33.5 Å². The molecule has 0 aromatic heterocycles. The molecule has 1 heterocycles. The fraction of sp³-hybridized carbons (Fsp3) is 1.00. The van der Waals surface area contributed by atoms with E-state index in [1.54, 1.807) is 0 Å². The molecule has 4 nitrogen and oxygen atoms in total. The number of epoxide rings is 1. The summed E-state index contributed by atoms with van der Waals surface area (Å²) in [4.78, 5) is 0. The highest BCUT2D eigenvalue weighted by atomic mass is 32.2. The Kier molecular flexibility index (Phi) is 5.72. The van der Waals surface area contributed by atoms with Crippen molar-refractivity contribution in [2.45, 2.75) is 57.7 Å². The van der Waals surface area contributed by atoms with E-state index >= 15 is 0 Å². The SMILES string of the molecule is CCCCCCC[C@@H](OS(C)(=O)=O)[C@H]1CO1. The van der Waals surface area contributed by atoms with E-state index < -0.39 is 10.1 Å². The highest BCUT2D eigenvalue weighted by molar-refractivity contribution is 7.86. The first-order chi connectivity index (χ1) is 7.53. The van der Waals surface area contributed by atoms with Crippen molar-refractivity contribution in [2.24, 2.45) is 0 Å². The Hall–Kier alpha value is -0.130. The topological polar surface area (TPSA) is 55.9 Å². The van der Waals surface area contributed by atoms with Gasteiger partial charge in [0.15, 0.2) is 0 Å². The lowest BCUT2D eigenvalue weighted by Gasteiger charge is -2.13. The van der Waals surface area contributed by atoms with Crippen molar-refractivity contribution >= 4 is 10.1 Å². The molecule has 16 heavy (non-hydrogen) atoms. The Labute approximate surface area is 98.4 Å². The Morgan fingerprint density at radius 1 is 1.31 bits per heavy atom. The number of hydrogen-bond acceptors (Lipinski definition) is 4. The summed E-state index contributed by atoms with van der Waals surface area (Å²) in [5.74, 6) is 0. The van der Waals surface area contributed by atoms with Gasteiger partial charge < -0.3 is 4.74 Å². The van der Waals surface area contributed by atoms with E-state index in [9.17, 15) is 8.42 Å². The van der Waals surface area contributed by atoms with Crippen LogP contribution in [0.5, 0.6) is 0 Å². The molecule has 0 saturated carbocycles. The predicted octanol–water partition coefficient (Wildman–Crippen LogP) is 2.09. The molecule has 0 spiro atoms. The van der Waals surface area contributed by atoms with E-state index in [1.165, 1.54) is 19.3 Å². The monoisotopic (exact) mass is 250 g/mol. The highest BCUT2D eigenvalue weighted by Gasteiger charge is 2.35. The van der Waals surface area contributed by atoms with Crippen molar-refractivity contribution < 1.29 is 17.3 Å². The van der Waals surface area contributed by atoms with Gasteiger partial charge in [-0.05, 0) is 6.42 Å². The van der Waals surface area contributed by atoms with Crippen molar-refractivity contribution in [2.75, 3.05) is 12.9 Å². The van der Waals surface area contributed by atoms with Crippen LogP contribution in [0.2, 0.25) is 0 Å². The molecule has 0 aromatic carbocycles. The van der Waals surface area contributed by atoms with Gasteiger partial charge in [0.1, 0.15) is 12.2 Å². The van der Waals surface area contributed by atoms with Gasteiger partial charge in [0.2, 0.25) is 0 Å². The summed E-state index contributed by atoms with van der Waals surface area (Å²) in [7, 11) is -3.36. The highest BCUT2D eigenvalue weighted by Crippen LogP contribution is 2.23. The zero-order valence-corrected chi connectivity index (χ0v) is 11.0. The lowest BCUT2D eigenvalue weighted by atomic mass is 10.1. The molecule has 1 aliphatic rings. The fourth-order valence-corrected chi connectivity index (χ4v) is 2.41. The predicted molar refractivity (Wildman–Crippen MR) is 62.8 cm³/mol. The molecule has 1 rings (SSSR count). The van der Waals surface area contributed by atoms with Crippen LogP contribution >= 0.6 is 0 Å². The van der Waals surface area contributed by atoms with Crippen LogP contribution in [0.3, 0.4) is 0 Å². The van der Waals surface area contributed by atoms with Crippen LogP contribution in [0.1, 0.15) is 45.4 Å². The van der Waals surface area contributed by atoms with E-state index in [1.807, 2.05) is 0 Å². The van der Waals surface area contributed by atoms with Gasteiger partial charge in [0, 0.05) is 0 Å². The van der Waals surface area contributed by atoms with Crippen LogP contribution in [0, 0.1) is 0 Å². The van der Waals surface area contributed by atoms with Gasteiger partial charge >= 0.3 is 0 Å². The summed E-state index contributed by atoms with van der Waals surface area (Å²) in [6, 6.07) is 0. The van der Waals surface area contributed by atoms with Crippen LogP contribution in [0.15, 0.2) is 0 Å². The maximum atomic E-state index is 11.0. The molecule has 0 N–H and O–H groups in total. The minimum Gasteiger partial charge on any atom is -0.370 e.